The van der Waals surface area contributed by atoms with E-state index < -0.39 is 12.1 Å². The van der Waals surface area contributed by atoms with Crippen LogP contribution in [0.4, 0.5) is 18.9 Å². The van der Waals surface area contributed by atoms with Gasteiger partial charge in [0.25, 0.3) is 0 Å². The zero-order valence-corrected chi connectivity index (χ0v) is 8.80. The summed E-state index contributed by atoms with van der Waals surface area (Å²) < 4.78 is 37.3. The molecule has 1 aliphatic heterocycles. The van der Waals surface area contributed by atoms with E-state index >= 15 is 0 Å². The topological polar surface area (TPSA) is 3.24 Å². The molecule has 1 nitrogen and oxygen atoms in total. The Balaban J connectivity index is 1.96. The predicted octanol–water partition coefficient (Wildman–Crippen LogP) is 3.27. The first-order valence-electron chi connectivity index (χ1n) is 5.35. The van der Waals surface area contributed by atoms with Crippen molar-refractivity contribution in [2.75, 3.05) is 18.0 Å². The van der Waals surface area contributed by atoms with Crippen LogP contribution >= 0.6 is 0 Å². The number of rotatable bonds is 1. The Labute approximate surface area is 92.9 Å². The molecule has 16 heavy (non-hydrogen) atoms. The minimum Gasteiger partial charge on any atom is -0.372 e. The summed E-state index contributed by atoms with van der Waals surface area (Å²) >= 11 is 0. The SMILES string of the molecule is FC(F)(F)C1CCN(c2cc[c]cc2)CC1. The number of piperidine rings is 1. The van der Waals surface area contributed by atoms with Crippen LogP contribution in [0.2, 0.25) is 0 Å². The molecule has 0 atom stereocenters. The first-order chi connectivity index (χ1) is 7.57. The van der Waals surface area contributed by atoms with Crippen LogP contribution in [-0.4, -0.2) is 19.3 Å². The summed E-state index contributed by atoms with van der Waals surface area (Å²) in [7, 11) is 0. The lowest BCUT2D eigenvalue weighted by molar-refractivity contribution is -0.179. The summed E-state index contributed by atoms with van der Waals surface area (Å²) in [5.74, 6) is -1.13. The number of hydrogen-bond donors (Lipinski definition) is 0. The maximum absolute atomic E-state index is 12.4. The van der Waals surface area contributed by atoms with E-state index in [2.05, 4.69) is 6.07 Å². The molecule has 1 heterocycles. The maximum atomic E-state index is 12.4. The fourth-order valence-corrected chi connectivity index (χ4v) is 2.05. The van der Waals surface area contributed by atoms with Crippen LogP contribution in [0.3, 0.4) is 0 Å². The number of hydrogen-bond acceptors (Lipinski definition) is 1. The van der Waals surface area contributed by atoms with Crippen molar-refractivity contribution in [3.63, 3.8) is 0 Å². The molecule has 1 saturated heterocycles. The van der Waals surface area contributed by atoms with Gasteiger partial charge in [-0.2, -0.15) is 13.2 Å². The minimum atomic E-state index is -4.03. The second-order valence-corrected chi connectivity index (χ2v) is 4.06. The predicted molar refractivity (Wildman–Crippen MR) is 56.3 cm³/mol. The minimum absolute atomic E-state index is 0.197. The summed E-state index contributed by atoms with van der Waals surface area (Å²) in [5.41, 5.74) is 0.986. The van der Waals surface area contributed by atoms with Crippen LogP contribution < -0.4 is 4.90 Å². The van der Waals surface area contributed by atoms with Crippen molar-refractivity contribution in [3.05, 3.63) is 30.3 Å². The van der Waals surface area contributed by atoms with Crippen LogP contribution in [0.1, 0.15) is 12.8 Å². The van der Waals surface area contributed by atoms with Crippen LogP contribution in [0.5, 0.6) is 0 Å². The van der Waals surface area contributed by atoms with Crippen molar-refractivity contribution < 1.29 is 13.2 Å². The lowest BCUT2D eigenvalue weighted by Crippen LogP contribution is -2.38. The van der Waals surface area contributed by atoms with Crippen molar-refractivity contribution in [3.8, 4) is 0 Å². The van der Waals surface area contributed by atoms with Crippen molar-refractivity contribution in [2.45, 2.75) is 19.0 Å². The van der Waals surface area contributed by atoms with E-state index in [4.69, 9.17) is 0 Å². The molecule has 1 aromatic rings. The van der Waals surface area contributed by atoms with Gasteiger partial charge < -0.3 is 4.90 Å². The molecular weight excluding hydrogens is 215 g/mol. The monoisotopic (exact) mass is 228 g/mol. The van der Waals surface area contributed by atoms with Crippen LogP contribution in [0, 0.1) is 12.0 Å². The molecule has 1 radical (unpaired) electrons. The van der Waals surface area contributed by atoms with E-state index in [0.717, 1.165) is 5.69 Å². The molecule has 0 bridgehead atoms. The van der Waals surface area contributed by atoms with E-state index in [-0.39, 0.29) is 12.8 Å². The highest BCUT2D eigenvalue weighted by Gasteiger charge is 2.40. The Morgan fingerprint density at radius 1 is 1.12 bits per heavy atom. The molecule has 2 rings (SSSR count). The van der Waals surface area contributed by atoms with Gasteiger partial charge in [-0.3, -0.25) is 0 Å². The summed E-state index contributed by atoms with van der Waals surface area (Å²) in [4.78, 5) is 2.00. The molecule has 1 fully saturated rings. The largest absolute Gasteiger partial charge is 0.391 e. The molecule has 0 unspecified atom stereocenters. The Bertz CT molecular complexity index is 326. The summed E-state index contributed by atoms with van der Waals surface area (Å²) in [6.07, 6.45) is -3.64. The van der Waals surface area contributed by atoms with Gasteiger partial charge in [0.2, 0.25) is 0 Å². The highest BCUT2D eigenvalue weighted by atomic mass is 19.4. The molecule has 4 heteroatoms. The summed E-state index contributed by atoms with van der Waals surface area (Å²) in [6, 6.07) is 10.2. The van der Waals surface area contributed by atoms with E-state index in [9.17, 15) is 13.2 Å². The number of anilines is 1. The van der Waals surface area contributed by atoms with Gasteiger partial charge in [0.15, 0.2) is 0 Å². The normalized spacial score (nSPS) is 18.8. The molecule has 0 aromatic heterocycles. The number of benzene rings is 1. The smallest absolute Gasteiger partial charge is 0.372 e. The second kappa shape index (κ2) is 4.36. The first kappa shape index (κ1) is 11.3. The molecule has 0 amide bonds. The van der Waals surface area contributed by atoms with Gasteiger partial charge >= 0.3 is 6.18 Å². The average Bonchev–Trinajstić information content (AvgIpc) is 2.29. The average molecular weight is 228 g/mol. The summed E-state index contributed by atoms with van der Waals surface area (Å²) in [6.45, 7) is 0.961. The van der Waals surface area contributed by atoms with Gasteiger partial charge in [-0.1, -0.05) is 12.1 Å². The third-order valence-electron chi connectivity index (χ3n) is 3.02. The Kier molecular flexibility index (Phi) is 3.08. The Morgan fingerprint density at radius 3 is 2.19 bits per heavy atom. The number of alkyl halides is 3. The van der Waals surface area contributed by atoms with Crippen molar-refractivity contribution in [2.24, 2.45) is 5.92 Å². The van der Waals surface area contributed by atoms with Crippen LogP contribution in [0.25, 0.3) is 0 Å². The van der Waals surface area contributed by atoms with E-state index in [0.29, 0.717) is 13.1 Å². The first-order valence-corrected chi connectivity index (χ1v) is 5.35. The van der Waals surface area contributed by atoms with E-state index in [1.54, 1.807) is 12.1 Å². The Hall–Kier alpha value is -1.19. The molecule has 1 aromatic carbocycles. The van der Waals surface area contributed by atoms with Gasteiger partial charge in [0.1, 0.15) is 0 Å². The quantitative estimate of drug-likeness (QED) is 0.713. The third kappa shape index (κ3) is 2.49. The fraction of sp³-hybridized carbons (Fsp3) is 0.500. The van der Waals surface area contributed by atoms with Crippen molar-refractivity contribution in [1.82, 2.24) is 0 Å². The fourth-order valence-electron chi connectivity index (χ4n) is 2.05. The van der Waals surface area contributed by atoms with Crippen LogP contribution in [-0.2, 0) is 0 Å². The lowest BCUT2D eigenvalue weighted by atomic mass is 9.96. The second-order valence-electron chi connectivity index (χ2n) is 4.06. The van der Waals surface area contributed by atoms with E-state index in [1.165, 1.54) is 0 Å². The zero-order chi connectivity index (χ0) is 11.6. The highest BCUT2D eigenvalue weighted by Crippen LogP contribution is 2.35. The lowest BCUT2D eigenvalue weighted by Gasteiger charge is -2.34. The van der Waals surface area contributed by atoms with Gasteiger partial charge in [0, 0.05) is 18.8 Å². The zero-order valence-electron chi connectivity index (χ0n) is 8.80. The maximum Gasteiger partial charge on any atom is 0.391 e. The number of halogens is 3. The van der Waals surface area contributed by atoms with Gasteiger partial charge in [-0.25, -0.2) is 0 Å². The molecule has 0 aliphatic carbocycles. The summed E-state index contributed by atoms with van der Waals surface area (Å²) in [5, 5.41) is 0. The molecule has 0 N–H and O–H groups in total. The van der Waals surface area contributed by atoms with Gasteiger partial charge in [0.05, 0.1) is 5.92 Å². The Morgan fingerprint density at radius 2 is 1.69 bits per heavy atom. The molecule has 1 aliphatic rings. The number of nitrogens with zero attached hydrogens (tertiary/aromatic N) is 1. The van der Waals surface area contributed by atoms with Crippen LogP contribution in [0.15, 0.2) is 24.3 Å². The van der Waals surface area contributed by atoms with Gasteiger partial charge in [-0.15, -0.1) is 0 Å². The molecule has 0 spiro atoms. The van der Waals surface area contributed by atoms with E-state index in [1.807, 2.05) is 17.0 Å². The van der Waals surface area contributed by atoms with Crippen molar-refractivity contribution in [1.29, 1.82) is 0 Å². The standard InChI is InChI=1S/C12H13F3N/c13-12(14,15)10-6-8-16(9-7-10)11-4-2-1-3-5-11/h2-5,10H,6-9H2. The molecular formula is C12H13F3N. The van der Waals surface area contributed by atoms with Crippen molar-refractivity contribution >= 4 is 5.69 Å². The molecule has 0 saturated carbocycles. The molecule has 87 valence electrons. The highest BCUT2D eigenvalue weighted by molar-refractivity contribution is 5.45. The van der Waals surface area contributed by atoms with Gasteiger partial charge in [-0.05, 0) is 31.0 Å². The third-order valence-corrected chi connectivity index (χ3v) is 3.02.